The van der Waals surface area contributed by atoms with E-state index >= 15 is 0 Å². The fourth-order valence-corrected chi connectivity index (χ4v) is 4.56. The van der Waals surface area contributed by atoms with Crippen LogP contribution in [0.4, 0.5) is 0 Å². The maximum absolute atomic E-state index is 12.7. The minimum atomic E-state index is -0.261. The zero-order valence-electron chi connectivity index (χ0n) is 16.7. The average Bonchev–Trinajstić information content (AvgIpc) is 3.45. The summed E-state index contributed by atoms with van der Waals surface area (Å²) in [5, 5.41) is 5.31. The van der Waals surface area contributed by atoms with Gasteiger partial charge in [-0.3, -0.25) is 4.79 Å². The van der Waals surface area contributed by atoms with Crippen molar-refractivity contribution in [1.29, 1.82) is 0 Å². The first-order chi connectivity index (χ1) is 15.4. The molecule has 0 saturated carbocycles. The molecule has 0 fully saturated rings. The summed E-state index contributed by atoms with van der Waals surface area (Å²) < 4.78 is 13.3. The molecule has 9 heteroatoms. The van der Waals surface area contributed by atoms with Gasteiger partial charge in [0.05, 0.1) is 0 Å². The first-order valence-electron chi connectivity index (χ1n) is 9.60. The molecule has 0 N–H and O–H groups in total. The number of aromatic nitrogens is 3. The fraction of sp³-hybridized carbons (Fsp3) is 0.0870. The second-order valence-corrected chi connectivity index (χ2v) is 8.98. The van der Waals surface area contributed by atoms with Crippen LogP contribution in [0.2, 0.25) is 10.0 Å². The highest BCUT2D eigenvalue weighted by Gasteiger charge is 2.12. The van der Waals surface area contributed by atoms with Crippen LogP contribution in [0.15, 0.2) is 63.8 Å². The highest BCUT2D eigenvalue weighted by atomic mass is 35.5. The SMILES string of the molecule is Cc1ccc(OCc2nc3sc(=Cc4ccc(-c5cc(Cl)cc(Cl)c5)o4)c(=O)n3n2)cc1. The van der Waals surface area contributed by atoms with E-state index in [1.807, 2.05) is 31.2 Å². The third-order valence-corrected chi connectivity index (χ3v) is 6.06. The number of rotatable bonds is 5. The summed E-state index contributed by atoms with van der Waals surface area (Å²) in [7, 11) is 0. The monoisotopic (exact) mass is 483 g/mol. The molecule has 32 heavy (non-hydrogen) atoms. The highest BCUT2D eigenvalue weighted by molar-refractivity contribution is 7.15. The van der Waals surface area contributed by atoms with Crippen LogP contribution >= 0.6 is 34.5 Å². The number of benzene rings is 2. The standard InChI is InChI=1S/C23H15Cl2N3O3S/c1-13-2-4-17(5-3-13)30-12-21-26-23-28(27-21)22(29)20(32-23)11-18-6-7-19(31-18)14-8-15(24)10-16(25)9-14/h2-11H,12H2,1H3. The van der Waals surface area contributed by atoms with Crippen molar-refractivity contribution in [1.82, 2.24) is 14.6 Å². The molecule has 0 aliphatic heterocycles. The number of hydrogen-bond acceptors (Lipinski definition) is 6. The van der Waals surface area contributed by atoms with Gasteiger partial charge in [-0.2, -0.15) is 9.50 Å². The van der Waals surface area contributed by atoms with Gasteiger partial charge >= 0.3 is 0 Å². The van der Waals surface area contributed by atoms with E-state index in [1.165, 1.54) is 15.9 Å². The first kappa shape index (κ1) is 20.8. The number of hydrogen-bond donors (Lipinski definition) is 0. The van der Waals surface area contributed by atoms with Crippen LogP contribution in [-0.2, 0) is 6.61 Å². The minimum Gasteiger partial charge on any atom is -0.486 e. The number of ether oxygens (including phenoxy) is 1. The Labute approximate surface area is 196 Å². The highest BCUT2D eigenvalue weighted by Crippen LogP contribution is 2.28. The Morgan fingerprint density at radius 3 is 2.56 bits per heavy atom. The summed E-state index contributed by atoms with van der Waals surface area (Å²) >= 11 is 13.4. The number of furan rings is 1. The predicted octanol–water partition coefficient (Wildman–Crippen LogP) is 5.15. The van der Waals surface area contributed by atoms with Gasteiger partial charge in [-0.05, 0) is 49.4 Å². The van der Waals surface area contributed by atoms with Crippen LogP contribution in [0, 0.1) is 6.92 Å². The topological polar surface area (TPSA) is 69.6 Å². The molecule has 0 amide bonds. The van der Waals surface area contributed by atoms with E-state index in [4.69, 9.17) is 32.4 Å². The van der Waals surface area contributed by atoms with Gasteiger partial charge in [-0.15, -0.1) is 5.10 Å². The number of aryl methyl sites for hydroxylation is 1. The van der Waals surface area contributed by atoms with Crippen molar-refractivity contribution in [3.63, 3.8) is 0 Å². The van der Waals surface area contributed by atoms with E-state index in [0.29, 0.717) is 36.9 Å². The lowest BCUT2D eigenvalue weighted by molar-refractivity contribution is 0.296. The number of fused-ring (bicyclic) bond motifs is 1. The number of thiazole rings is 1. The van der Waals surface area contributed by atoms with Gasteiger partial charge in [0, 0.05) is 21.7 Å². The van der Waals surface area contributed by atoms with Crippen molar-refractivity contribution in [2.45, 2.75) is 13.5 Å². The zero-order valence-corrected chi connectivity index (χ0v) is 19.0. The van der Waals surface area contributed by atoms with Gasteiger partial charge in [0.15, 0.2) is 5.82 Å². The third-order valence-electron chi connectivity index (χ3n) is 4.66. The molecule has 3 heterocycles. The van der Waals surface area contributed by atoms with Gasteiger partial charge in [-0.25, -0.2) is 0 Å². The van der Waals surface area contributed by atoms with E-state index in [1.54, 1.807) is 36.4 Å². The minimum absolute atomic E-state index is 0.180. The molecule has 160 valence electrons. The Bertz CT molecular complexity index is 1520. The van der Waals surface area contributed by atoms with E-state index in [0.717, 1.165) is 16.9 Å². The van der Waals surface area contributed by atoms with Crippen molar-refractivity contribution in [3.05, 3.63) is 96.7 Å². The molecule has 0 bridgehead atoms. The Hall–Kier alpha value is -3.13. The first-order valence-corrected chi connectivity index (χ1v) is 11.2. The van der Waals surface area contributed by atoms with E-state index in [-0.39, 0.29) is 12.2 Å². The lowest BCUT2D eigenvalue weighted by atomic mass is 10.2. The maximum Gasteiger partial charge on any atom is 0.291 e. The summed E-state index contributed by atoms with van der Waals surface area (Å²) in [6.07, 6.45) is 1.67. The van der Waals surface area contributed by atoms with Crippen LogP contribution < -0.4 is 14.8 Å². The predicted molar refractivity (Wildman–Crippen MR) is 126 cm³/mol. The van der Waals surface area contributed by atoms with Gasteiger partial charge < -0.3 is 9.15 Å². The second-order valence-electron chi connectivity index (χ2n) is 7.10. The lowest BCUT2D eigenvalue weighted by Crippen LogP contribution is -2.23. The molecule has 3 aromatic heterocycles. The smallest absolute Gasteiger partial charge is 0.291 e. The summed E-state index contributed by atoms with van der Waals surface area (Å²) in [4.78, 5) is 17.6. The van der Waals surface area contributed by atoms with Gasteiger partial charge in [-0.1, -0.05) is 52.2 Å². The molecule has 6 nitrogen and oxygen atoms in total. The summed E-state index contributed by atoms with van der Waals surface area (Å²) in [6, 6.07) is 16.5. The summed E-state index contributed by atoms with van der Waals surface area (Å²) in [6.45, 7) is 2.19. The quantitative estimate of drug-likeness (QED) is 0.345. The van der Waals surface area contributed by atoms with Crippen LogP contribution in [0.1, 0.15) is 17.1 Å². The molecule has 0 unspecified atom stereocenters. The number of halogens is 2. The maximum atomic E-state index is 12.7. The zero-order chi connectivity index (χ0) is 22.2. The van der Waals surface area contributed by atoms with Crippen molar-refractivity contribution in [3.8, 4) is 17.1 Å². The molecule has 5 aromatic rings. The van der Waals surface area contributed by atoms with Crippen LogP contribution in [0.5, 0.6) is 5.75 Å². The van der Waals surface area contributed by atoms with Crippen molar-refractivity contribution < 1.29 is 9.15 Å². The largest absolute Gasteiger partial charge is 0.486 e. The van der Waals surface area contributed by atoms with Crippen LogP contribution in [-0.4, -0.2) is 14.6 Å². The summed E-state index contributed by atoms with van der Waals surface area (Å²) in [5.41, 5.74) is 1.64. The molecule has 0 saturated heterocycles. The van der Waals surface area contributed by atoms with E-state index in [9.17, 15) is 4.79 Å². The molecule has 0 atom stereocenters. The fourth-order valence-electron chi connectivity index (χ4n) is 3.13. The van der Waals surface area contributed by atoms with Crippen molar-refractivity contribution in [2.24, 2.45) is 0 Å². The van der Waals surface area contributed by atoms with Gasteiger partial charge in [0.1, 0.15) is 28.4 Å². The average molecular weight is 484 g/mol. The second kappa shape index (κ2) is 8.43. The third kappa shape index (κ3) is 4.27. The summed E-state index contributed by atoms with van der Waals surface area (Å²) in [5.74, 6) is 2.29. The normalized spacial score (nSPS) is 12.0. The van der Waals surface area contributed by atoms with Gasteiger partial charge in [0.25, 0.3) is 5.56 Å². The Kier molecular flexibility index (Phi) is 5.46. The van der Waals surface area contributed by atoms with E-state index in [2.05, 4.69) is 10.1 Å². The van der Waals surface area contributed by atoms with Crippen molar-refractivity contribution in [2.75, 3.05) is 0 Å². The molecular formula is C23H15Cl2N3O3S. The molecule has 2 aromatic carbocycles. The number of nitrogens with zero attached hydrogens (tertiary/aromatic N) is 3. The molecule has 0 spiro atoms. The van der Waals surface area contributed by atoms with Crippen molar-refractivity contribution >= 4 is 45.6 Å². The molecule has 0 radical (unpaired) electrons. The van der Waals surface area contributed by atoms with E-state index < -0.39 is 0 Å². The Morgan fingerprint density at radius 2 is 1.84 bits per heavy atom. The van der Waals surface area contributed by atoms with Crippen LogP contribution in [0.3, 0.4) is 0 Å². The van der Waals surface area contributed by atoms with Gasteiger partial charge in [0.2, 0.25) is 4.96 Å². The van der Waals surface area contributed by atoms with Crippen LogP contribution in [0.25, 0.3) is 22.4 Å². The molecule has 0 aliphatic rings. The molecular weight excluding hydrogens is 469 g/mol. The lowest BCUT2D eigenvalue weighted by Gasteiger charge is -2.03. The Morgan fingerprint density at radius 1 is 1.09 bits per heavy atom. The Balaban J connectivity index is 1.38. The molecule has 0 aliphatic carbocycles. The molecule has 5 rings (SSSR count).